The number of piperazine rings is 1. The number of hydrogen-bond acceptors (Lipinski definition) is 3. The van der Waals surface area contributed by atoms with Gasteiger partial charge < -0.3 is 4.74 Å². The van der Waals surface area contributed by atoms with E-state index in [-0.39, 0.29) is 11.4 Å². The Morgan fingerprint density at radius 2 is 1.80 bits per heavy atom. The Hall–Kier alpha value is -1.13. The van der Waals surface area contributed by atoms with Gasteiger partial charge in [0.1, 0.15) is 11.6 Å². The smallest absolute Gasteiger partial charge is 0.131 e. The molecule has 0 atom stereocenters. The minimum atomic E-state index is -0.178. The molecule has 1 heterocycles. The van der Waals surface area contributed by atoms with E-state index in [1.807, 2.05) is 12.1 Å². The third-order valence-corrected chi connectivity index (χ3v) is 3.98. The molecule has 3 nitrogen and oxygen atoms in total. The predicted molar refractivity (Wildman–Crippen MR) is 79.6 cm³/mol. The van der Waals surface area contributed by atoms with Crippen LogP contribution in [0.25, 0.3) is 0 Å². The number of hydrogen-bond donors (Lipinski definition) is 0. The first-order valence-electron chi connectivity index (χ1n) is 7.20. The van der Waals surface area contributed by atoms with E-state index >= 15 is 0 Å². The molecule has 112 valence electrons. The van der Waals surface area contributed by atoms with Gasteiger partial charge in [-0.25, -0.2) is 4.39 Å². The molecule has 1 aliphatic heterocycles. The molecule has 0 saturated carbocycles. The van der Waals surface area contributed by atoms with Gasteiger partial charge in [0.25, 0.3) is 0 Å². The fourth-order valence-electron chi connectivity index (χ4n) is 2.60. The Kier molecular flexibility index (Phi) is 4.66. The van der Waals surface area contributed by atoms with Crippen molar-refractivity contribution in [3.8, 4) is 5.75 Å². The average Bonchev–Trinajstić information content (AvgIpc) is 2.40. The Morgan fingerprint density at radius 3 is 2.30 bits per heavy atom. The minimum Gasteiger partial charge on any atom is -0.497 e. The average molecular weight is 280 g/mol. The third kappa shape index (κ3) is 3.70. The Labute approximate surface area is 121 Å². The van der Waals surface area contributed by atoms with Crippen LogP contribution in [0.3, 0.4) is 0 Å². The van der Waals surface area contributed by atoms with E-state index in [1.54, 1.807) is 7.11 Å². The largest absolute Gasteiger partial charge is 0.497 e. The van der Waals surface area contributed by atoms with Gasteiger partial charge in [-0.2, -0.15) is 0 Å². The summed E-state index contributed by atoms with van der Waals surface area (Å²) < 4.78 is 19.0. The van der Waals surface area contributed by atoms with Crippen LogP contribution in [0, 0.1) is 5.82 Å². The van der Waals surface area contributed by atoms with Crippen LogP contribution < -0.4 is 4.74 Å². The molecular formula is C16H25FN2O. The van der Waals surface area contributed by atoms with Gasteiger partial charge in [-0.05, 0) is 26.8 Å². The first-order chi connectivity index (χ1) is 9.40. The zero-order valence-corrected chi connectivity index (χ0v) is 12.9. The molecule has 1 aliphatic rings. The first kappa shape index (κ1) is 15.3. The summed E-state index contributed by atoms with van der Waals surface area (Å²) in [5.74, 6) is 0.395. The van der Waals surface area contributed by atoms with Crippen molar-refractivity contribution in [3.05, 3.63) is 29.6 Å². The molecule has 1 fully saturated rings. The molecule has 1 aromatic rings. The summed E-state index contributed by atoms with van der Waals surface area (Å²) >= 11 is 0. The molecule has 0 N–H and O–H groups in total. The molecule has 0 aromatic heterocycles. The normalized spacial score (nSPS) is 18.2. The third-order valence-electron chi connectivity index (χ3n) is 3.98. The zero-order chi connectivity index (χ0) is 14.8. The van der Waals surface area contributed by atoms with E-state index in [0.29, 0.717) is 12.3 Å². The number of rotatable bonds is 3. The van der Waals surface area contributed by atoms with Crippen molar-refractivity contribution < 1.29 is 9.13 Å². The number of halogens is 1. The van der Waals surface area contributed by atoms with Gasteiger partial charge in [0.2, 0.25) is 0 Å². The van der Waals surface area contributed by atoms with Crippen molar-refractivity contribution in [2.75, 3.05) is 33.3 Å². The fraction of sp³-hybridized carbons (Fsp3) is 0.625. The molecule has 1 saturated heterocycles. The molecular weight excluding hydrogens is 255 g/mol. The second kappa shape index (κ2) is 6.10. The van der Waals surface area contributed by atoms with Gasteiger partial charge in [0.15, 0.2) is 0 Å². The lowest BCUT2D eigenvalue weighted by molar-refractivity contribution is 0.0586. The van der Waals surface area contributed by atoms with Gasteiger partial charge in [-0.15, -0.1) is 0 Å². The standard InChI is InChI=1S/C16H25FN2O/c1-16(2,3)19-9-7-18(8-10-19)12-13-5-6-14(20-4)11-15(13)17/h5-6,11H,7-10,12H2,1-4H3. The summed E-state index contributed by atoms with van der Waals surface area (Å²) in [7, 11) is 1.56. The van der Waals surface area contributed by atoms with Crippen molar-refractivity contribution >= 4 is 0 Å². The highest BCUT2D eigenvalue weighted by Gasteiger charge is 2.25. The van der Waals surface area contributed by atoms with Crippen molar-refractivity contribution in [1.29, 1.82) is 0 Å². The lowest BCUT2D eigenvalue weighted by Gasteiger charge is -2.42. The monoisotopic (exact) mass is 280 g/mol. The molecule has 0 unspecified atom stereocenters. The molecule has 0 bridgehead atoms. The van der Waals surface area contributed by atoms with Gasteiger partial charge in [-0.1, -0.05) is 6.07 Å². The quantitative estimate of drug-likeness (QED) is 0.847. The van der Waals surface area contributed by atoms with E-state index in [9.17, 15) is 4.39 Å². The van der Waals surface area contributed by atoms with Crippen LogP contribution in [-0.4, -0.2) is 48.6 Å². The van der Waals surface area contributed by atoms with E-state index in [2.05, 4.69) is 30.6 Å². The van der Waals surface area contributed by atoms with E-state index in [4.69, 9.17) is 4.74 Å². The maximum Gasteiger partial charge on any atom is 0.131 e. The summed E-state index contributed by atoms with van der Waals surface area (Å²) in [5, 5.41) is 0. The lowest BCUT2D eigenvalue weighted by atomic mass is 10.0. The SMILES string of the molecule is COc1ccc(CN2CCN(C(C)(C)C)CC2)c(F)c1. The van der Waals surface area contributed by atoms with Crippen LogP contribution >= 0.6 is 0 Å². The highest BCUT2D eigenvalue weighted by Crippen LogP contribution is 2.20. The van der Waals surface area contributed by atoms with E-state index < -0.39 is 0 Å². The van der Waals surface area contributed by atoms with E-state index in [1.165, 1.54) is 6.07 Å². The second-order valence-electron chi connectivity index (χ2n) is 6.39. The van der Waals surface area contributed by atoms with Crippen LogP contribution in [-0.2, 0) is 6.54 Å². The zero-order valence-electron chi connectivity index (χ0n) is 12.9. The van der Waals surface area contributed by atoms with Gasteiger partial charge >= 0.3 is 0 Å². The number of benzene rings is 1. The molecule has 0 spiro atoms. The van der Waals surface area contributed by atoms with Crippen molar-refractivity contribution in [2.45, 2.75) is 32.9 Å². The summed E-state index contributed by atoms with van der Waals surface area (Å²) in [6.45, 7) is 11.5. The second-order valence-corrected chi connectivity index (χ2v) is 6.39. The topological polar surface area (TPSA) is 15.7 Å². The van der Waals surface area contributed by atoms with Crippen molar-refractivity contribution in [3.63, 3.8) is 0 Å². The predicted octanol–water partition coefficient (Wildman–Crippen LogP) is 2.75. The Balaban J connectivity index is 1.93. The molecule has 0 amide bonds. The highest BCUT2D eigenvalue weighted by atomic mass is 19.1. The van der Waals surface area contributed by atoms with E-state index in [0.717, 1.165) is 31.7 Å². The summed E-state index contributed by atoms with van der Waals surface area (Å²) in [5.41, 5.74) is 0.965. The minimum absolute atomic E-state index is 0.178. The molecule has 4 heteroatoms. The number of nitrogens with zero attached hydrogens (tertiary/aromatic N) is 2. The van der Waals surface area contributed by atoms with Crippen molar-refractivity contribution in [2.24, 2.45) is 0 Å². The molecule has 1 aromatic carbocycles. The Bertz CT molecular complexity index is 448. The summed E-state index contributed by atoms with van der Waals surface area (Å²) in [4.78, 5) is 4.79. The molecule has 0 aliphatic carbocycles. The molecule has 2 rings (SSSR count). The van der Waals surface area contributed by atoms with Crippen LogP contribution in [0.1, 0.15) is 26.3 Å². The maximum atomic E-state index is 13.9. The van der Waals surface area contributed by atoms with Crippen LogP contribution in [0.2, 0.25) is 0 Å². The Morgan fingerprint density at radius 1 is 1.15 bits per heavy atom. The number of methoxy groups -OCH3 is 1. The van der Waals surface area contributed by atoms with Crippen LogP contribution in [0.15, 0.2) is 18.2 Å². The number of ether oxygens (including phenoxy) is 1. The molecule has 0 radical (unpaired) electrons. The first-order valence-corrected chi connectivity index (χ1v) is 7.20. The summed E-state index contributed by atoms with van der Waals surface area (Å²) in [6.07, 6.45) is 0. The fourth-order valence-corrected chi connectivity index (χ4v) is 2.60. The van der Waals surface area contributed by atoms with Gasteiger partial charge in [-0.3, -0.25) is 9.80 Å². The van der Waals surface area contributed by atoms with Crippen molar-refractivity contribution in [1.82, 2.24) is 9.80 Å². The highest BCUT2D eigenvalue weighted by molar-refractivity contribution is 5.28. The van der Waals surface area contributed by atoms with Gasteiger partial charge in [0.05, 0.1) is 7.11 Å². The van der Waals surface area contributed by atoms with Crippen LogP contribution in [0.5, 0.6) is 5.75 Å². The van der Waals surface area contributed by atoms with Crippen LogP contribution in [0.4, 0.5) is 4.39 Å². The lowest BCUT2D eigenvalue weighted by Crippen LogP contribution is -2.53. The summed E-state index contributed by atoms with van der Waals surface area (Å²) in [6, 6.07) is 5.11. The maximum absolute atomic E-state index is 13.9. The molecule has 20 heavy (non-hydrogen) atoms. The van der Waals surface area contributed by atoms with Gasteiger partial charge in [0, 0.05) is 49.9 Å².